The summed E-state index contributed by atoms with van der Waals surface area (Å²) in [5.41, 5.74) is 1.66. The summed E-state index contributed by atoms with van der Waals surface area (Å²) < 4.78 is 19.5. The van der Waals surface area contributed by atoms with Gasteiger partial charge in [0, 0.05) is 4.47 Å². The second-order valence-electron chi connectivity index (χ2n) is 7.52. The number of ether oxygens (including phenoxy) is 1. The lowest BCUT2D eigenvalue weighted by Crippen LogP contribution is -2.30. The van der Waals surface area contributed by atoms with E-state index in [2.05, 4.69) is 29.8 Å². The molecule has 1 spiro atoms. The van der Waals surface area contributed by atoms with Gasteiger partial charge in [0.1, 0.15) is 5.82 Å². The number of halogens is 2. The zero-order chi connectivity index (χ0) is 19.5. The Balaban J connectivity index is 1.88. The molecule has 2 atom stereocenters. The summed E-state index contributed by atoms with van der Waals surface area (Å²) in [6, 6.07) is 9.55. The van der Waals surface area contributed by atoms with Crippen molar-refractivity contribution in [3.05, 3.63) is 57.8 Å². The molecule has 2 aromatic carbocycles. The normalized spacial score (nSPS) is 23.1. The van der Waals surface area contributed by atoms with Crippen molar-refractivity contribution >= 4 is 39.2 Å². The molecule has 1 aliphatic carbocycles. The zero-order valence-corrected chi connectivity index (χ0v) is 16.8. The van der Waals surface area contributed by atoms with Gasteiger partial charge in [0.2, 0.25) is 5.91 Å². The van der Waals surface area contributed by atoms with Crippen LogP contribution < -0.4 is 4.90 Å². The minimum atomic E-state index is -0.667. The highest BCUT2D eigenvalue weighted by molar-refractivity contribution is 9.10. The van der Waals surface area contributed by atoms with Crippen molar-refractivity contribution in [3.63, 3.8) is 0 Å². The van der Waals surface area contributed by atoms with Gasteiger partial charge in [-0.25, -0.2) is 9.18 Å². The van der Waals surface area contributed by atoms with Crippen LogP contribution in [0.25, 0.3) is 0 Å². The lowest BCUT2D eigenvalue weighted by molar-refractivity contribution is -0.120. The van der Waals surface area contributed by atoms with E-state index in [1.54, 1.807) is 29.2 Å². The summed E-state index contributed by atoms with van der Waals surface area (Å²) in [4.78, 5) is 27.1. The van der Waals surface area contributed by atoms with Crippen LogP contribution >= 0.6 is 15.9 Å². The van der Waals surface area contributed by atoms with Gasteiger partial charge in [0.15, 0.2) is 0 Å². The van der Waals surface area contributed by atoms with Gasteiger partial charge in [0.05, 0.1) is 29.5 Å². The van der Waals surface area contributed by atoms with E-state index in [1.807, 2.05) is 0 Å². The SMILES string of the molecule is COC(=O)c1cc(Br)cc(N2C(=O)[C@@]3(CC3C(C)C)c3cc(F)ccc32)c1. The summed E-state index contributed by atoms with van der Waals surface area (Å²) in [6.45, 7) is 4.17. The van der Waals surface area contributed by atoms with Gasteiger partial charge in [0.25, 0.3) is 0 Å². The number of nitrogens with zero attached hydrogens (tertiary/aromatic N) is 1. The van der Waals surface area contributed by atoms with E-state index < -0.39 is 11.4 Å². The third-order valence-electron chi connectivity index (χ3n) is 5.65. The number of fused-ring (bicyclic) bond motifs is 2. The van der Waals surface area contributed by atoms with E-state index in [4.69, 9.17) is 4.74 Å². The smallest absolute Gasteiger partial charge is 0.337 e. The molecule has 2 aliphatic rings. The van der Waals surface area contributed by atoms with Crippen molar-refractivity contribution in [2.75, 3.05) is 12.0 Å². The highest BCUT2D eigenvalue weighted by Gasteiger charge is 2.67. The van der Waals surface area contributed by atoms with Crippen LogP contribution in [0.5, 0.6) is 0 Å². The summed E-state index contributed by atoms with van der Waals surface area (Å²) in [5.74, 6) is -0.386. The number of carbonyl (C=O) groups excluding carboxylic acids is 2. The number of methoxy groups -OCH3 is 1. The maximum atomic E-state index is 14.0. The minimum Gasteiger partial charge on any atom is -0.465 e. The molecule has 27 heavy (non-hydrogen) atoms. The minimum absolute atomic E-state index is 0.0595. The maximum Gasteiger partial charge on any atom is 0.337 e. The molecule has 1 aliphatic heterocycles. The van der Waals surface area contributed by atoms with Crippen LogP contribution in [0.2, 0.25) is 0 Å². The fourth-order valence-corrected chi connectivity index (χ4v) is 4.81. The summed E-state index contributed by atoms with van der Waals surface area (Å²) in [6.07, 6.45) is 0.717. The number of hydrogen-bond acceptors (Lipinski definition) is 3. The molecule has 0 saturated heterocycles. The fraction of sp³-hybridized carbons (Fsp3) is 0.333. The lowest BCUT2D eigenvalue weighted by atomic mass is 9.91. The van der Waals surface area contributed by atoms with E-state index in [0.717, 1.165) is 5.56 Å². The first-order chi connectivity index (χ1) is 12.8. The van der Waals surface area contributed by atoms with Crippen molar-refractivity contribution < 1.29 is 18.7 Å². The van der Waals surface area contributed by atoms with Crippen molar-refractivity contribution in [3.8, 4) is 0 Å². The Hall–Kier alpha value is -2.21. The first-order valence-electron chi connectivity index (χ1n) is 8.83. The number of benzene rings is 2. The predicted molar refractivity (Wildman–Crippen MR) is 104 cm³/mol. The third-order valence-corrected chi connectivity index (χ3v) is 6.10. The van der Waals surface area contributed by atoms with Gasteiger partial charge in [-0.2, -0.15) is 0 Å². The monoisotopic (exact) mass is 431 g/mol. The highest BCUT2D eigenvalue weighted by Crippen LogP contribution is 2.65. The van der Waals surface area contributed by atoms with Gasteiger partial charge in [-0.3, -0.25) is 9.69 Å². The second-order valence-corrected chi connectivity index (χ2v) is 8.43. The molecule has 1 unspecified atom stereocenters. The molecule has 4 nitrogen and oxygen atoms in total. The van der Waals surface area contributed by atoms with Crippen molar-refractivity contribution in [2.24, 2.45) is 11.8 Å². The Morgan fingerprint density at radius 2 is 2.04 bits per heavy atom. The van der Waals surface area contributed by atoms with E-state index >= 15 is 0 Å². The molecule has 1 saturated carbocycles. The van der Waals surface area contributed by atoms with Crippen LogP contribution in [0, 0.1) is 17.7 Å². The number of carbonyl (C=O) groups is 2. The molecule has 2 aromatic rings. The molecule has 6 heteroatoms. The number of hydrogen-bond donors (Lipinski definition) is 0. The average molecular weight is 432 g/mol. The summed E-state index contributed by atoms with van der Waals surface area (Å²) in [7, 11) is 1.31. The quantitative estimate of drug-likeness (QED) is 0.644. The number of rotatable bonds is 3. The van der Waals surface area contributed by atoms with Crippen LogP contribution in [0.1, 0.15) is 36.2 Å². The van der Waals surface area contributed by atoms with Gasteiger partial charge in [-0.15, -0.1) is 0 Å². The molecule has 0 bridgehead atoms. The molecular formula is C21H19BrFNO3. The van der Waals surface area contributed by atoms with E-state index in [9.17, 15) is 14.0 Å². The van der Waals surface area contributed by atoms with Crippen LogP contribution in [0.15, 0.2) is 40.9 Å². The standard InChI is InChI=1S/C21H19BrFNO3/c1-11(2)17-10-21(17)16-9-14(23)4-5-18(16)24(20(21)26)15-7-12(19(25)27-3)6-13(22)8-15/h4-9,11,17H,10H2,1-3H3/t17?,21-/m0/s1. The molecule has 140 valence electrons. The molecule has 0 radical (unpaired) electrons. The number of amides is 1. The zero-order valence-electron chi connectivity index (χ0n) is 15.3. The number of esters is 1. The predicted octanol–water partition coefficient (Wildman–Crippen LogP) is 4.97. The van der Waals surface area contributed by atoms with Crippen LogP contribution in [-0.2, 0) is 14.9 Å². The Morgan fingerprint density at radius 3 is 2.67 bits per heavy atom. The second kappa shape index (κ2) is 6.16. The summed E-state index contributed by atoms with van der Waals surface area (Å²) >= 11 is 3.40. The molecule has 4 rings (SSSR count). The van der Waals surface area contributed by atoms with E-state index in [0.29, 0.717) is 33.7 Å². The van der Waals surface area contributed by atoms with Crippen LogP contribution in [0.3, 0.4) is 0 Å². The molecule has 1 heterocycles. The van der Waals surface area contributed by atoms with Crippen LogP contribution in [-0.4, -0.2) is 19.0 Å². The van der Waals surface area contributed by atoms with Gasteiger partial charge in [-0.1, -0.05) is 29.8 Å². The largest absolute Gasteiger partial charge is 0.465 e. The molecule has 0 aromatic heterocycles. The van der Waals surface area contributed by atoms with E-state index in [1.165, 1.54) is 19.2 Å². The Kier molecular flexibility index (Phi) is 4.14. The van der Waals surface area contributed by atoms with E-state index in [-0.39, 0.29) is 17.6 Å². The molecular weight excluding hydrogens is 413 g/mol. The van der Waals surface area contributed by atoms with Crippen molar-refractivity contribution in [2.45, 2.75) is 25.7 Å². The first kappa shape index (κ1) is 18.2. The number of anilines is 2. The van der Waals surface area contributed by atoms with Crippen molar-refractivity contribution in [1.82, 2.24) is 0 Å². The first-order valence-corrected chi connectivity index (χ1v) is 9.62. The van der Waals surface area contributed by atoms with Gasteiger partial charge >= 0.3 is 5.97 Å². The fourth-order valence-electron chi connectivity index (χ4n) is 4.33. The van der Waals surface area contributed by atoms with Crippen molar-refractivity contribution in [1.29, 1.82) is 0 Å². The topological polar surface area (TPSA) is 46.6 Å². The Morgan fingerprint density at radius 1 is 1.30 bits per heavy atom. The highest BCUT2D eigenvalue weighted by atomic mass is 79.9. The average Bonchev–Trinajstić information content (AvgIpc) is 3.34. The molecule has 1 fully saturated rings. The maximum absolute atomic E-state index is 14.0. The van der Waals surface area contributed by atoms with Gasteiger partial charge in [-0.05, 0) is 60.2 Å². The lowest BCUT2D eigenvalue weighted by Gasteiger charge is -2.20. The van der Waals surface area contributed by atoms with Crippen LogP contribution in [0.4, 0.5) is 15.8 Å². The molecule has 1 amide bonds. The summed E-state index contributed by atoms with van der Waals surface area (Å²) in [5, 5.41) is 0. The Labute approximate surface area is 165 Å². The van der Waals surface area contributed by atoms with Gasteiger partial charge < -0.3 is 4.74 Å². The Bertz CT molecular complexity index is 974. The third kappa shape index (κ3) is 2.61. The molecule has 0 N–H and O–H groups in total.